The van der Waals surface area contributed by atoms with Crippen molar-refractivity contribution in [3.8, 4) is 0 Å². The molecular formula is C10H21N3O3S. The Hall–Kier alpha value is -0.660. The Labute approximate surface area is 102 Å². The summed E-state index contributed by atoms with van der Waals surface area (Å²) in [6.45, 7) is 2.21. The van der Waals surface area contributed by atoms with Gasteiger partial charge >= 0.3 is 0 Å². The molecule has 1 unspecified atom stereocenters. The molecule has 0 aromatic rings. The van der Waals surface area contributed by atoms with Crippen molar-refractivity contribution < 1.29 is 13.2 Å². The lowest BCUT2D eigenvalue weighted by Gasteiger charge is -2.10. The molecule has 0 radical (unpaired) electrons. The highest BCUT2D eigenvalue weighted by atomic mass is 32.2. The molecule has 0 heterocycles. The molecule has 100 valence electrons. The summed E-state index contributed by atoms with van der Waals surface area (Å²) in [6.07, 6.45) is 2.48. The summed E-state index contributed by atoms with van der Waals surface area (Å²) in [4.78, 5) is 11.4. The van der Waals surface area contributed by atoms with Gasteiger partial charge in [0.25, 0.3) is 0 Å². The summed E-state index contributed by atoms with van der Waals surface area (Å²) in [7, 11) is -3.26. The van der Waals surface area contributed by atoms with E-state index in [1.54, 1.807) is 6.92 Å². The standard InChI is InChI=1S/C10H21N3O3S/c1-2-13-17(15,16)6-5-12-10(14)7-9(11)8-3-4-8/h8-9,13H,2-7,11H2,1H3,(H,12,14). The van der Waals surface area contributed by atoms with Gasteiger partial charge in [-0.15, -0.1) is 0 Å². The number of rotatable bonds is 8. The summed E-state index contributed by atoms with van der Waals surface area (Å²) in [5.74, 6) is 0.216. The smallest absolute Gasteiger partial charge is 0.221 e. The molecule has 0 saturated heterocycles. The molecule has 17 heavy (non-hydrogen) atoms. The normalized spacial score (nSPS) is 17.8. The van der Waals surface area contributed by atoms with Crippen LogP contribution in [-0.2, 0) is 14.8 Å². The molecule has 0 aromatic carbocycles. The topological polar surface area (TPSA) is 101 Å². The molecule has 0 aliphatic heterocycles. The number of nitrogens with one attached hydrogen (secondary N) is 2. The molecule has 1 atom stereocenters. The predicted molar refractivity (Wildman–Crippen MR) is 65.8 cm³/mol. The highest BCUT2D eigenvalue weighted by molar-refractivity contribution is 7.89. The second kappa shape index (κ2) is 6.32. The Kier molecular flexibility index (Phi) is 5.35. The highest BCUT2D eigenvalue weighted by Gasteiger charge is 2.29. The lowest BCUT2D eigenvalue weighted by molar-refractivity contribution is -0.121. The van der Waals surface area contributed by atoms with Crippen LogP contribution in [0.1, 0.15) is 26.2 Å². The van der Waals surface area contributed by atoms with E-state index in [0.717, 1.165) is 12.8 Å². The molecular weight excluding hydrogens is 242 g/mol. The van der Waals surface area contributed by atoms with Gasteiger partial charge < -0.3 is 11.1 Å². The van der Waals surface area contributed by atoms with Gasteiger partial charge in [-0.25, -0.2) is 13.1 Å². The average Bonchev–Trinajstić information content (AvgIpc) is 2.99. The number of sulfonamides is 1. The first-order valence-electron chi connectivity index (χ1n) is 5.94. The van der Waals surface area contributed by atoms with Crippen molar-refractivity contribution in [3.63, 3.8) is 0 Å². The highest BCUT2D eigenvalue weighted by Crippen LogP contribution is 2.32. The fourth-order valence-corrected chi connectivity index (χ4v) is 2.55. The maximum Gasteiger partial charge on any atom is 0.221 e. The van der Waals surface area contributed by atoms with Crippen LogP contribution in [-0.4, -0.2) is 39.2 Å². The lowest BCUT2D eigenvalue weighted by atomic mass is 10.1. The lowest BCUT2D eigenvalue weighted by Crippen LogP contribution is -2.37. The van der Waals surface area contributed by atoms with Gasteiger partial charge in [0, 0.05) is 25.6 Å². The van der Waals surface area contributed by atoms with Gasteiger partial charge in [-0.05, 0) is 18.8 Å². The first-order chi connectivity index (χ1) is 7.94. The van der Waals surface area contributed by atoms with Crippen LogP contribution in [0, 0.1) is 5.92 Å². The minimum Gasteiger partial charge on any atom is -0.355 e. The van der Waals surface area contributed by atoms with Gasteiger partial charge in [0.05, 0.1) is 5.75 Å². The quantitative estimate of drug-likeness (QED) is 0.532. The van der Waals surface area contributed by atoms with Crippen LogP contribution in [0.2, 0.25) is 0 Å². The van der Waals surface area contributed by atoms with Crippen LogP contribution in [0.25, 0.3) is 0 Å². The number of carbonyl (C=O) groups excluding carboxylic acids is 1. The van der Waals surface area contributed by atoms with Crippen molar-refractivity contribution in [2.24, 2.45) is 11.7 Å². The van der Waals surface area contributed by atoms with Crippen molar-refractivity contribution in [3.05, 3.63) is 0 Å². The van der Waals surface area contributed by atoms with E-state index in [0.29, 0.717) is 12.5 Å². The fourth-order valence-electron chi connectivity index (χ4n) is 1.59. The van der Waals surface area contributed by atoms with Crippen LogP contribution < -0.4 is 15.8 Å². The maximum absolute atomic E-state index is 11.4. The number of hydrogen-bond donors (Lipinski definition) is 3. The van der Waals surface area contributed by atoms with Crippen molar-refractivity contribution >= 4 is 15.9 Å². The second-order valence-electron chi connectivity index (χ2n) is 4.37. The van der Waals surface area contributed by atoms with Crippen LogP contribution >= 0.6 is 0 Å². The van der Waals surface area contributed by atoms with E-state index in [2.05, 4.69) is 10.0 Å². The van der Waals surface area contributed by atoms with E-state index in [1.165, 1.54) is 0 Å². The number of hydrogen-bond acceptors (Lipinski definition) is 4. The molecule has 0 aromatic heterocycles. The van der Waals surface area contributed by atoms with Crippen LogP contribution in [0.5, 0.6) is 0 Å². The molecule has 4 N–H and O–H groups in total. The van der Waals surface area contributed by atoms with E-state index in [1.807, 2.05) is 0 Å². The summed E-state index contributed by atoms with van der Waals surface area (Å²) in [6, 6.07) is -0.0830. The number of carbonyl (C=O) groups is 1. The van der Waals surface area contributed by atoms with E-state index >= 15 is 0 Å². The summed E-state index contributed by atoms with van der Waals surface area (Å²) in [5, 5.41) is 2.57. The SMILES string of the molecule is CCNS(=O)(=O)CCNC(=O)CC(N)C1CC1. The zero-order valence-electron chi connectivity index (χ0n) is 10.1. The third-order valence-electron chi connectivity index (χ3n) is 2.71. The maximum atomic E-state index is 11.4. The molecule has 1 amide bonds. The Balaban J connectivity index is 2.15. The molecule has 1 fully saturated rings. The van der Waals surface area contributed by atoms with Crippen molar-refractivity contribution in [2.45, 2.75) is 32.2 Å². The third kappa shape index (κ3) is 5.99. The third-order valence-corrected chi connectivity index (χ3v) is 4.18. The van der Waals surface area contributed by atoms with Crippen molar-refractivity contribution in [1.29, 1.82) is 0 Å². The number of amides is 1. The Bertz CT molecular complexity index is 352. The van der Waals surface area contributed by atoms with E-state index in [4.69, 9.17) is 5.73 Å². The van der Waals surface area contributed by atoms with Crippen molar-refractivity contribution in [2.75, 3.05) is 18.8 Å². The first-order valence-corrected chi connectivity index (χ1v) is 7.59. The van der Waals surface area contributed by atoms with Gasteiger partial charge in [0.15, 0.2) is 0 Å². The minimum atomic E-state index is -3.26. The monoisotopic (exact) mass is 263 g/mol. The largest absolute Gasteiger partial charge is 0.355 e. The second-order valence-corrected chi connectivity index (χ2v) is 6.30. The van der Waals surface area contributed by atoms with Crippen LogP contribution in [0.4, 0.5) is 0 Å². The van der Waals surface area contributed by atoms with E-state index in [9.17, 15) is 13.2 Å². The van der Waals surface area contributed by atoms with E-state index < -0.39 is 10.0 Å². The molecule has 1 saturated carbocycles. The Morgan fingerprint density at radius 3 is 2.65 bits per heavy atom. The van der Waals surface area contributed by atoms with E-state index in [-0.39, 0.29) is 30.7 Å². The fraction of sp³-hybridized carbons (Fsp3) is 0.900. The Morgan fingerprint density at radius 2 is 2.12 bits per heavy atom. The molecule has 1 rings (SSSR count). The van der Waals surface area contributed by atoms with Gasteiger partial charge in [0.2, 0.25) is 15.9 Å². The van der Waals surface area contributed by atoms with Gasteiger partial charge in [-0.1, -0.05) is 6.92 Å². The minimum absolute atomic E-state index is 0.0830. The average molecular weight is 263 g/mol. The van der Waals surface area contributed by atoms with Crippen molar-refractivity contribution in [1.82, 2.24) is 10.0 Å². The summed E-state index contributed by atoms with van der Waals surface area (Å²) in [5.41, 5.74) is 5.79. The van der Waals surface area contributed by atoms with Gasteiger partial charge in [0.1, 0.15) is 0 Å². The summed E-state index contributed by atoms with van der Waals surface area (Å²) < 4.78 is 24.9. The molecule has 1 aliphatic rings. The Morgan fingerprint density at radius 1 is 1.47 bits per heavy atom. The molecule has 1 aliphatic carbocycles. The van der Waals surface area contributed by atoms with Gasteiger partial charge in [-0.3, -0.25) is 4.79 Å². The summed E-state index contributed by atoms with van der Waals surface area (Å²) >= 11 is 0. The molecule has 6 nitrogen and oxygen atoms in total. The zero-order valence-corrected chi connectivity index (χ0v) is 10.9. The first kappa shape index (κ1) is 14.4. The van der Waals surface area contributed by atoms with Crippen LogP contribution in [0.15, 0.2) is 0 Å². The zero-order chi connectivity index (χ0) is 12.9. The predicted octanol–water partition coefficient (Wildman–Crippen LogP) is -0.831. The molecule has 0 spiro atoms. The van der Waals surface area contributed by atoms with Crippen LogP contribution in [0.3, 0.4) is 0 Å². The molecule has 7 heteroatoms. The van der Waals surface area contributed by atoms with Gasteiger partial charge in [-0.2, -0.15) is 0 Å². The molecule has 0 bridgehead atoms. The number of nitrogens with two attached hydrogens (primary N) is 1.